The molecule has 1 aromatic carbocycles. The van der Waals surface area contributed by atoms with Gasteiger partial charge in [-0.3, -0.25) is 9.59 Å². The van der Waals surface area contributed by atoms with E-state index in [4.69, 9.17) is 9.52 Å². The summed E-state index contributed by atoms with van der Waals surface area (Å²) in [5.41, 5.74) is 0.292. The van der Waals surface area contributed by atoms with E-state index in [1.807, 2.05) is 44.2 Å². The molecule has 6 nitrogen and oxygen atoms in total. The summed E-state index contributed by atoms with van der Waals surface area (Å²) in [7, 11) is 0. The van der Waals surface area contributed by atoms with E-state index in [1.54, 1.807) is 6.20 Å². The number of nitrogens with zero attached hydrogens (tertiary/aromatic N) is 1. The zero-order valence-corrected chi connectivity index (χ0v) is 15.3. The second-order valence-electron chi connectivity index (χ2n) is 6.44. The molecular weight excluding hydrogens is 332 g/mol. The molecule has 0 atom stereocenters. The monoisotopic (exact) mass is 358 g/mol. The lowest BCUT2D eigenvalue weighted by molar-refractivity contribution is -0.139. The molecule has 2 aromatic rings. The van der Waals surface area contributed by atoms with Gasteiger partial charge in [0.2, 0.25) is 5.91 Å². The van der Waals surface area contributed by atoms with Crippen LogP contribution >= 0.6 is 0 Å². The summed E-state index contributed by atoms with van der Waals surface area (Å²) in [6.45, 7) is 3.79. The number of aryl methyl sites for hydroxylation is 1. The molecule has 2 N–H and O–H groups in total. The first-order chi connectivity index (χ1) is 12.5. The molecule has 0 unspecified atom stereocenters. The molecule has 2 rings (SSSR count). The van der Waals surface area contributed by atoms with Crippen molar-refractivity contribution in [1.29, 1.82) is 0 Å². The lowest BCUT2D eigenvalue weighted by atomic mass is 9.88. The summed E-state index contributed by atoms with van der Waals surface area (Å²) in [6, 6.07) is 9.72. The number of aliphatic carboxylic acids is 1. The van der Waals surface area contributed by atoms with Gasteiger partial charge in [-0.15, -0.1) is 0 Å². The van der Waals surface area contributed by atoms with Crippen molar-refractivity contribution in [2.24, 2.45) is 0 Å². The summed E-state index contributed by atoms with van der Waals surface area (Å²) < 4.78 is 5.73. The fraction of sp³-hybridized carbons (Fsp3) is 0.450. The predicted molar refractivity (Wildman–Crippen MR) is 98.6 cm³/mol. The van der Waals surface area contributed by atoms with Crippen molar-refractivity contribution in [3.05, 3.63) is 42.4 Å². The van der Waals surface area contributed by atoms with E-state index in [9.17, 15) is 9.59 Å². The van der Waals surface area contributed by atoms with Crippen LogP contribution in [0.1, 0.15) is 51.8 Å². The third kappa shape index (κ3) is 5.44. The first kappa shape index (κ1) is 19.7. The van der Waals surface area contributed by atoms with Crippen LogP contribution in [0.5, 0.6) is 0 Å². The van der Waals surface area contributed by atoms with Crippen LogP contribution in [0.4, 0.5) is 0 Å². The number of aromatic nitrogens is 1. The molecule has 6 heteroatoms. The quantitative estimate of drug-likeness (QED) is 0.674. The predicted octanol–water partition coefficient (Wildman–Crippen LogP) is 3.81. The van der Waals surface area contributed by atoms with E-state index in [-0.39, 0.29) is 12.3 Å². The van der Waals surface area contributed by atoms with Crippen molar-refractivity contribution in [3.8, 4) is 11.3 Å². The van der Waals surface area contributed by atoms with Crippen LogP contribution < -0.4 is 5.32 Å². The van der Waals surface area contributed by atoms with Gasteiger partial charge in [0.1, 0.15) is 0 Å². The second-order valence-corrected chi connectivity index (χ2v) is 6.44. The maximum Gasteiger partial charge on any atom is 0.305 e. The Morgan fingerprint density at radius 1 is 1.19 bits per heavy atom. The zero-order valence-electron chi connectivity index (χ0n) is 15.3. The van der Waals surface area contributed by atoms with E-state index >= 15 is 0 Å². The summed E-state index contributed by atoms with van der Waals surface area (Å²) in [4.78, 5) is 27.5. The fourth-order valence-corrected chi connectivity index (χ4v) is 2.93. The Kier molecular flexibility index (Phi) is 6.95. The van der Waals surface area contributed by atoms with Crippen molar-refractivity contribution in [2.75, 3.05) is 0 Å². The smallest absolute Gasteiger partial charge is 0.305 e. The normalized spacial score (nSPS) is 11.3. The number of carbonyl (C=O) groups is 2. The topological polar surface area (TPSA) is 92.4 Å². The highest BCUT2D eigenvalue weighted by molar-refractivity contribution is 5.78. The van der Waals surface area contributed by atoms with Crippen molar-refractivity contribution in [1.82, 2.24) is 10.3 Å². The van der Waals surface area contributed by atoms with E-state index in [0.717, 1.165) is 5.56 Å². The van der Waals surface area contributed by atoms with Gasteiger partial charge in [-0.25, -0.2) is 4.98 Å². The van der Waals surface area contributed by atoms with Crippen LogP contribution in [0.25, 0.3) is 11.3 Å². The van der Waals surface area contributed by atoms with Crippen LogP contribution in [0, 0.1) is 0 Å². The van der Waals surface area contributed by atoms with Crippen molar-refractivity contribution >= 4 is 11.9 Å². The zero-order chi connectivity index (χ0) is 19.0. The maximum absolute atomic E-state index is 12.2. The minimum atomic E-state index is -0.901. The Morgan fingerprint density at radius 2 is 1.88 bits per heavy atom. The molecule has 0 bridgehead atoms. The summed E-state index contributed by atoms with van der Waals surface area (Å²) in [6.07, 6.45) is 4.26. The summed E-state index contributed by atoms with van der Waals surface area (Å²) >= 11 is 0. The Labute approximate surface area is 153 Å². The molecule has 1 heterocycles. The average Bonchev–Trinajstić information content (AvgIpc) is 3.10. The molecule has 1 amide bonds. The maximum atomic E-state index is 12.2. The Morgan fingerprint density at radius 3 is 2.50 bits per heavy atom. The molecule has 0 radical (unpaired) electrons. The Balaban J connectivity index is 1.84. The lowest BCUT2D eigenvalue weighted by Crippen LogP contribution is -2.49. The van der Waals surface area contributed by atoms with Gasteiger partial charge in [-0.2, -0.15) is 0 Å². The van der Waals surface area contributed by atoms with E-state index in [2.05, 4.69) is 10.3 Å². The minimum absolute atomic E-state index is 0.0636. The molecule has 0 fully saturated rings. The third-order valence-corrected chi connectivity index (χ3v) is 4.65. The SMILES string of the molecule is CCC(CC)(CC(=O)O)NC(=O)CCCc1ncc(-c2ccccc2)o1. The number of carbonyl (C=O) groups excluding carboxylic acids is 1. The second kappa shape index (κ2) is 9.17. The molecule has 26 heavy (non-hydrogen) atoms. The molecule has 0 spiro atoms. The van der Waals surface area contributed by atoms with Crippen molar-refractivity contribution < 1.29 is 19.1 Å². The number of oxazole rings is 1. The first-order valence-electron chi connectivity index (χ1n) is 9.01. The van der Waals surface area contributed by atoms with E-state index in [1.165, 1.54) is 0 Å². The van der Waals surface area contributed by atoms with Gasteiger partial charge in [-0.1, -0.05) is 44.2 Å². The molecule has 140 valence electrons. The standard InChI is InChI=1S/C20H26N2O4/c1-3-20(4-2,13-19(24)25)22-17(23)11-8-12-18-21-14-16(26-18)15-9-6-5-7-10-15/h5-7,9-10,14H,3-4,8,11-13H2,1-2H3,(H,22,23)(H,24,25). The van der Waals surface area contributed by atoms with Crippen LogP contribution in [0.2, 0.25) is 0 Å². The van der Waals surface area contributed by atoms with Gasteiger partial charge in [-0.05, 0) is 19.3 Å². The Bertz CT molecular complexity index is 720. The largest absolute Gasteiger partial charge is 0.481 e. The highest BCUT2D eigenvalue weighted by Gasteiger charge is 2.30. The molecule has 0 aliphatic heterocycles. The number of rotatable bonds is 10. The number of amides is 1. The van der Waals surface area contributed by atoms with Gasteiger partial charge in [0.15, 0.2) is 11.7 Å². The van der Waals surface area contributed by atoms with Gasteiger partial charge >= 0.3 is 5.97 Å². The van der Waals surface area contributed by atoms with Crippen LogP contribution in [-0.2, 0) is 16.0 Å². The Hall–Kier alpha value is -2.63. The van der Waals surface area contributed by atoms with Crippen LogP contribution in [0.15, 0.2) is 40.9 Å². The summed E-state index contributed by atoms with van der Waals surface area (Å²) in [5, 5.41) is 12.0. The fourth-order valence-electron chi connectivity index (χ4n) is 2.93. The molecular formula is C20H26N2O4. The number of nitrogens with one attached hydrogen (secondary N) is 1. The lowest BCUT2D eigenvalue weighted by Gasteiger charge is -2.31. The van der Waals surface area contributed by atoms with Crippen molar-refractivity contribution in [3.63, 3.8) is 0 Å². The van der Waals surface area contributed by atoms with Gasteiger partial charge in [0.05, 0.1) is 12.6 Å². The van der Waals surface area contributed by atoms with Gasteiger partial charge < -0.3 is 14.8 Å². The van der Waals surface area contributed by atoms with E-state index < -0.39 is 11.5 Å². The molecule has 0 saturated heterocycles. The number of hydrogen-bond acceptors (Lipinski definition) is 4. The highest BCUT2D eigenvalue weighted by atomic mass is 16.4. The van der Waals surface area contributed by atoms with Crippen molar-refractivity contribution in [2.45, 2.75) is 57.9 Å². The van der Waals surface area contributed by atoms with Gasteiger partial charge in [0.25, 0.3) is 0 Å². The number of carboxylic acids is 1. The highest BCUT2D eigenvalue weighted by Crippen LogP contribution is 2.22. The van der Waals surface area contributed by atoms with Crippen LogP contribution in [-0.4, -0.2) is 27.5 Å². The van der Waals surface area contributed by atoms with E-state index in [0.29, 0.717) is 43.8 Å². The number of benzene rings is 1. The molecule has 0 aliphatic rings. The molecule has 0 saturated carbocycles. The summed E-state index contributed by atoms with van der Waals surface area (Å²) in [5.74, 6) is 0.272. The average molecular weight is 358 g/mol. The minimum Gasteiger partial charge on any atom is -0.481 e. The number of carboxylic acid groups (broad SMARTS) is 1. The van der Waals surface area contributed by atoms with Gasteiger partial charge in [0, 0.05) is 23.9 Å². The number of hydrogen-bond donors (Lipinski definition) is 2. The third-order valence-electron chi connectivity index (χ3n) is 4.65. The molecule has 0 aliphatic carbocycles. The first-order valence-corrected chi connectivity index (χ1v) is 9.01. The van der Waals surface area contributed by atoms with Crippen LogP contribution in [0.3, 0.4) is 0 Å². The molecule has 1 aromatic heterocycles.